The summed E-state index contributed by atoms with van der Waals surface area (Å²) in [6.45, 7) is 4.15. The molecule has 1 aromatic carbocycles. The number of nitrogens with one attached hydrogen (secondary N) is 1. The lowest BCUT2D eigenvalue weighted by atomic mass is 9.84. The molecule has 1 aromatic rings. The van der Waals surface area contributed by atoms with Crippen molar-refractivity contribution in [3.8, 4) is 0 Å². The fraction of sp³-hybridized carbons (Fsp3) is 0.625. The van der Waals surface area contributed by atoms with Crippen LogP contribution in [-0.4, -0.2) is 21.0 Å². The number of hydrogen-bond acceptors (Lipinski definition) is 3. The van der Waals surface area contributed by atoms with Crippen LogP contribution in [0, 0.1) is 19.8 Å². The van der Waals surface area contributed by atoms with Crippen molar-refractivity contribution >= 4 is 22.4 Å². The Bertz CT molecular complexity index is 584. The maximum absolute atomic E-state index is 12.6. The van der Waals surface area contributed by atoms with E-state index in [4.69, 9.17) is 5.73 Å². The molecule has 1 fully saturated rings. The van der Waals surface area contributed by atoms with Gasteiger partial charge in [-0.25, -0.2) is 13.1 Å². The molecule has 4 nitrogen and oxygen atoms in total. The quantitative estimate of drug-likeness (QED) is 0.861. The molecule has 1 saturated carbocycles. The largest absolute Gasteiger partial charge is 0.329 e. The van der Waals surface area contributed by atoms with Crippen molar-refractivity contribution in [1.82, 2.24) is 4.72 Å². The predicted octanol–water partition coefficient (Wildman–Crippen LogP) is 2.91. The van der Waals surface area contributed by atoms with E-state index in [9.17, 15) is 8.42 Å². The van der Waals surface area contributed by atoms with E-state index in [0.29, 0.717) is 17.4 Å². The van der Waals surface area contributed by atoms with Gasteiger partial charge in [0.1, 0.15) is 0 Å². The minimum atomic E-state index is -3.50. The summed E-state index contributed by atoms with van der Waals surface area (Å²) in [5, 5.41) is 0. The Morgan fingerprint density at radius 2 is 1.86 bits per heavy atom. The molecule has 6 heteroatoms. The summed E-state index contributed by atoms with van der Waals surface area (Å²) in [7, 11) is -3.50. The second-order valence-electron chi connectivity index (χ2n) is 6.13. The second kappa shape index (κ2) is 8.29. The molecule has 1 unspecified atom stereocenters. The summed E-state index contributed by atoms with van der Waals surface area (Å²) in [5.41, 5.74) is 7.67. The van der Waals surface area contributed by atoms with Gasteiger partial charge in [0.05, 0.1) is 4.90 Å². The van der Waals surface area contributed by atoms with Crippen molar-refractivity contribution in [1.29, 1.82) is 0 Å². The van der Waals surface area contributed by atoms with Crippen LogP contribution in [0.2, 0.25) is 0 Å². The SMILES string of the molecule is Cc1ccc(S(=O)(=O)NC(CN)C2CCCCC2)c(C)c1.Cl. The number of halogens is 1. The van der Waals surface area contributed by atoms with Crippen molar-refractivity contribution in [2.24, 2.45) is 11.7 Å². The average molecular weight is 347 g/mol. The molecule has 126 valence electrons. The van der Waals surface area contributed by atoms with Gasteiger partial charge >= 0.3 is 0 Å². The molecule has 0 aliphatic heterocycles. The Hall–Kier alpha value is -0.620. The average Bonchev–Trinajstić information content (AvgIpc) is 2.45. The topological polar surface area (TPSA) is 72.2 Å². The molecule has 0 spiro atoms. The number of rotatable bonds is 5. The van der Waals surface area contributed by atoms with Gasteiger partial charge in [0.2, 0.25) is 10.0 Å². The van der Waals surface area contributed by atoms with Crippen LogP contribution in [0.15, 0.2) is 23.1 Å². The van der Waals surface area contributed by atoms with Gasteiger partial charge in [0, 0.05) is 12.6 Å². The Labute approximate surface area is 140 Å². The highest BCUT2D eigenvalue weighted by Gasteiger charge is 2.28. The molecule has 0 radical (unpaired) electrons. The van der Waals surface area contributed by atoms with Crippen LogP contribution in [0.3, 0.4) is 0 Å². The molecule has 1 aliphatic carbocycles. The zero-order valence-electron chi connectivity index (χ0n) is 13.3. The van der Waals surface area contributed by atoms with Crippen LogP contribution < -0.4 is 10.5 Å². The molecular weight excluding hydrogens is 320 g/mol. The van der Waals surface area contributed by atoms with Gasteiger partial charge < -0.3 is 5.73 Å². The third kappa shape index (κ3) is 4.69. The number of aryl methyl sites for hydroxylation is 2. The van der Waals surface area contributed by atoms with E-state index in [1.54, 1.807) is 6.07 Å². The van der Waals surface area contributed by atoms with Crippen LogP contribution >= 0.6 is 12.4 Å². The summed E-state index contributed by atoms with van der Waals surface area (Å²) in [4.78, 5) is 0.363. The zero-order valence-corrected chi connectivity index (χ0v) is 15.0. The van der Waals surface area contributed by atoms with E-state index in [2.05, 4.69) is 4.72 Å². The minimum Gasteiger partial charge on any atom is -0.329 e. The third-order valence-corrected chi connectivity index (χ3v) is 6.05. The predicted molar refractivity (Wildman–Crippen MR) is 92.9 cm³/mol. The number of hydrogen-bond donors (Lipinski definition) is 2. The fourth-order valence-electron chi connectivity index (χ4n) is 3.24. The Kier molecular flexibility index (Phi) is 7.32. The summed E-state index contributed by atoms with van der Waals surface area (Å²) >= 11 is 0. The summed E-state index contributed by atoms with van der Waals surface area (Å²) in [6.07, 6.45) is 5.73. The Morgan fingerprint density at radius 1 is 1.23 bits per heavy atom. The first-order chi connectivity index (χ1) is 9.94. The van der Waals surface area contributed by atoms with Gasteiger partial charge in [-0.1, -0.05) is 37.0 Å². The summed E-state index contributed by atoms with van der Waals surface area (Å²) in [5.74, 6) is 0.365. The monoisotopic (exact) mass is 346 g/mol. The first kappa shape index (κ1) is 19.4. The lowest BCUT2D eigenvalue weighted by molar-refractivity contribution is 0.294. The molecule has 0 saturated heterocycles. The highest BCUT2D eigenvalue weighted by atomic mass is 35.5. The van der Waals surface area contributed by atoms with Gasteiger partial charge in [0.15, 0.2) is 0 Å². The van der Waals surface area contributed by atoms with Gasteiger partial charge in [-0.3, -0.25) is 0 Å². The van der Waals surface area contributed by atoms with Gasteiger partial charge in [-0.15, -0.1) is 12.4 Å². The van der Waals surface area contributed by atoms with Crippen molar-refractivity contribution in [2.45, 2.75) is 56.9 Å². The van der Waals surface area contributed by atoms with Crippen LogP contribution in [0.4, 0.5) is 0 Å². The lowest BCUT2D eigenvalue weighted by Crippen LogP contribution is -2.45. The summed E-state index contributed by atoms with van der Waals surface area (Å²) < 4.78 is 28.1. The maximum Gasteiger partial charge on any atom is 0.241 e. The number of benzene rings is 1. The van der Waals surface area contributed by atoms with Gasteiger partial charge in [-0.2, -0.15) is 0 Å². The third-order valence-electron chi connectivity index (χ3n) is 4.40. The first-order valence-electron chi connectivity index (χ1n) is 7.73. The number of sulfonamides is 1. The smallest absolute Gasteiger partial charge is 0.241 e. The highest BCUT2D eigenvalue weighted by molar-refractivity contribution is 7.89. The van der Waals surface area contributed by atoms with Crippen LogP contribution in [0.25, 0.3) is 0 Å². The minimum absolute atomic E-state index is 0. The standard InChI is InChI=1S/C16H26N2O2S.ClH/c1-12-8-9-16(13(2)10-12)21(19,20)18-15(11-17)14-6-4-3-5-7-14;/h8-10,14-15,18H,3-7,11,17H2,1-2H3;1H. The molecule has 1 atom stereocenters. The Morgan fingerprint density at radius 3 is 2.41 bits per heavy atom. The maximum atomic E-state index is 12.6. The van der Waals surface area contributed by atoms with E-state index in [0.717, 1.165) is 24.0 Å². The van der Waals surface area contributed by atoms with E-state index in [1.165, 1.54) is 19.3 Å². The van der Waals surface area contributed by atoms with Crippen LogP contribution in [-0.2, 0) is 10.0 Å². The van der Waals surface area contributed by atoms with E-state index in [-0.39, 0.29) is 18.4 Å². The molecule has 0 heterocycles. The molecular formula is C16H27ClN2O2S. The second-order valence-corrected chi connectivity index (χ2v) is 7.81. The molecule has 22 heavy (non-hydrogen) atoms. The van der Waals surface area contributed by atoms with Crippen molar-refractivity contribution < 1.29 is 8.42 Å². The molecule has 0 aromatic heterocycles. The molecule has 3 N–H and O–H groups in total. The van der Waals surface area contributed by atoms with Gasteiger partial charge in [0.25, 0.3) is 0 Å². The first-order valence-corrected chi connectivity index (χ1v) is 9.22. The molecule has 2 rings (SSSR count). The van der Waals surface area contributed by atoms with E-state index >= 15 is 0 Å². The summed E-state index contributed by atoms with van der Waals surface area (Å²) in [6, 6.07) is 5.25. The molecule has 0 bridgehead atoms. The van der Waals surface area contributed by atoms with Crippen LogP contribution in [0.5, 0.6) is 0 Å². The van der Waals surface area contributed by atoms with E-state index in [1.807, 2.05) is 26.0 Å². The fourth-order valence-corrected chi connectivity index (χ4v) is 4.78. The highest BCUT2D eigenvalue weighted by Crippen LogP contribution is 2.27. The van der Waals surface area contributed by atoms with E-state index < -0.39 is 10.0 Å². The van der Waals surface area contributed by atoms with Gasteiger partial charge in [-0.05, 0) is 44.2 Å². The van der Waals surface area contributed by atoms with Crippen molar-refractivity contribution in [3.05, 3.63) is 29.3 Å². The number of nitrogens with two attached hydrogens (primary N) is 1. The molecule has 1 aliphatic rings. The normalized spacial score (nSPS) is 17.8. The molecule has 0 amide bonds. The van der Waals surface area contributed by atoms with Crippen LogP contribution in [0.1, 0.15) is 43.2 Å². The lowest BCUT2D eigenvalue weighted by Gasteiger charge is -2.30. The van der Waals surface area contributed by atoms with Crippen molar-refractivity contribution in [3.63, 3.8) is 0 Å². The van der Waals surface area contributed by atoms with Crippen molar-refractivity contribution in [2.75, 3.05) is 6.54 Å². The zero-order chi connectivity index (χ0) is 15.5. The Balaban J connectivity index is 0.00000242.